The molecule has 0 fully saturated rings. The third kappa shape index (κ3) is 3.16. The number of hydrogen-bond acceptors (Lipinski definition) is 3. The molecule has 1 heterocycles. The summed E-state index contributed by atoms with van der Waals surface area (Å²) in [6.07, 6.45) is 1.49. The molecule has 4 heteroatoms. The van der Waals surface area contributed by atoms with Crippen molar-refractivity contribution in [3.63, 3.8) is 0 Å². The third-order valence-corrected chi connectivity index (χ3v) is 3.91. The normalized spacial score (nSPS) is 12.2. The van der Waals surface area contributed by atoms with E-state index < -0.39 is 11.1 Å². The molecule has 0 spiro atoms. The highest BCUT2D eigenvalue weighted by Gasteiger charge is 2.37. The van der Waals surface area contributed by atoms with E-state index in [0.717, 1.165) is 11.1 Å². The summed E-state index contributed by atoms with van der Waals surface area (Å²) in [6.45, 7) is 6.87. The van der Waals surface area contributed by atoms with Gasteiger partial charge in [-0.15, -0.1) is 0 Å². The molecule has 1 aromatic carbocycles. The predicted molar refractivity (Wildman–Crippen MR) is 82.0 cm³/mol. The molecule has 112 valence electrons. The molecule has 0 atom stereocenters. The van der Waals surface area contributed by atoms with Crippen LogP contribution in [0.2, 0.25) is 0 Å². The van der Waals surface area contributed by atoms with Crippen molar-refractivity contribution in [3.05, 3.63) is 48.4 Å². The molecule has 21 heavy (non-hydrogen) atoms. The van der Waals surface area contributed by atoms with Crippen molar-refractivity contribution >= 4 is 5.91 Å². The number of amides is 1. The number of nitrogens with one attached hydrogen (secondary N) is 1. The number of furan rings is 1. The summed E-state index contributed by atoms with van der Waals surface area (Å²) in [5, 5.41) is 13.0. The van der Waals surface area contributed by atoms with E-state index in [9.17, 15) is 9.90 Å². The van der Waals surface area contributed by atoms with Gasteiger partial charge in [0.2, 0.25) is 0 Å². The molecule has 0 radical (unpaired) electrons. The molecule has 0 saturated carbocycles. The van der Waals surface area contributed by atoms with Gasteiger partial charge in [0, 0.05) is 5.56 Å². The Kier molecular flexibility index (Phi) is 3.92. The molecule has 2 aromatic rings. The van der Waals surface area contributed by atoms with E-state index in [4.69, 9.17) is 4.42 Å². The van der Waals surface area contributed by atoms with Crippen LogP contribution in [0.4, 0.5) is 0 Å². The van der Waals surface area contributed by atoms with Crippen molar-refractivity contribution < 1.29 is 14.3 Å². The van der Waals surface area contributed by atoms with Crippen molar-refractivity contribution in [2.45, 2.75) is 38.8 Å². The van der Waals surface area contributed by atoms with Gasteiger partial charge in [0.15, 0.2) is 5.76 Å². The van der Waals surface area contributed by atoms with E-state index in [-0.39, 0.29) is 11.7 Å². The molecule has 2 N–H and O–H groups in total. The SMILES string of the molecule is CC(C)(O)C(C)(C)NC(=O)c1occc1-c1ccccc1. The maximum Gasteiger partial charge on any atom is 0.288 e. The average molecular weight is 287 g/mol. The summed E-state index contributed by atoms with van der Waals surface area (Å²) in [5.41, 5.74) is -0.190. The van der Waals surface area contributed by atoms with E-state index >= 15 is 0 Å². The fourth-order valence-corrected chi connectivity index (χ4v) is 1.82. The van der Waals surface area contributed by atoms with Crippen LogP contribution in [0.1, 0.15) is 38.2 Å². The van der Waals surface area contributed by atoms with Crippen LogP contribution in [0.5, 0.6) is 0 Å². The molecule has 1 aromatic heterocycles. The molecule has 0 aliphatic rings. The molecular weight excluding hydrogens is 266 g/mol. The number of carbonyl (C=O) groups is 1. The number of benzene rings is 1. The topological polar surface area (TPSA) is 62.5 Å². The first-order chi connectivity index (χ1) is 9.72. The van der Waals surface area contributed by atoms with Crippen molar-refractivity contribution in [1.29, 1.82) is 0 Å². The smallest absolute Gasteiger partial charge is 0.288 e. The summed E-state index contributed by atoms with van der Waals surface area (Å²) in [5.74, 6) is -0.0931. The molecule has 0 unspecified atom stereocenters. The first-order valence-corrected chi connectivity index (χ1v) is 6.90. The Balaban J connectivity index is 2.29. The van der Waals surface area contributed by atoms with Gasteiger partial charge >= 0.3 is 0 Å². The minimum absolute atomic E-state index is 0.249. The maximum absolute atomic E-state index is 12.4. The van der Waals surface area contributed by atoms with Crippen LogP contribution < -0.4 is 5.32 Å². The maximum atomic E-state index is 12.4. The Hall–Kier alpha value is -2.07. The van der Waals surface area contributed by atoms with Crippen molar-refractivity contribution in [3.8, 4) is 11.1 Å². The highest BCUT2D eigenvalue weighted by Crippen LogP contribution is 2.26. The quantitative estimate of drug-likeness (QED) is 0.907. The van der Waals surface area contributed by atoms with E-state index in [0.29, 0.717) is 0 Å². The Bertz CT molecular complexity index is 621. The lowest BCUT2D eigenvalue weighted by Crippen LogP contribution is -2.57. The number of carbonyl (C=O) groups excluding carboxylic acids is 1. The second kappa shape index (κ2) is 5.37. The minimum Gasteiger partial charge on any atom is -0.459 e. The summed E-state index contributed by atoms with van der Waals surface area (Å²) < 4.78 is 5.35. The van der Waals surface area contributed by atoms with E-state index in [1.807, 2.05) is 30.3 Å². The number of hydrogen-bond donors (Lipinski definition) is 2. The van der Waals surface area contributed by atoms with E-state index in [2.05, 4.69) is 5.32 Å². The summed E-state index contributed by atoms with van der Waals surface area (Å²) in [6, 6.07) is 11.3. The van der Waals surface area contributed by atoms with E-state index in [1.165, 1.54) is 6.26 Å². The highest BCUT2D eigenvalue weighted by molar-refractivity contribution is 5.98. The third-order valence-electron chi connectivity index (χ3n) is 3.91. The van der Waals surface area contributed by atoms with Gasteiger partial charge in [-0.25, -0.2) is 0 Å². The van der Waals surface area contributed by atoms with Gasteiger partial charge in [-0.2, -0.15) is 0 Å². The van der Waals surface area contributed by atoms with Crippen molar-refractivity contribution in [2.75, 3.05) is 0 Å². The highest BCUT2D eigenvalue weighted by atomic mass is 16.3. The molecule has 0 saturated heterocycles. The first kappa shape index (κ1) is 15.3. The number of aliphatic hydroxyl groups is 1. The molecular formula is C17H21NO3. The van der Waals surface area contributed by atoms with Crippen LogP contribution in [-0.2, 0) is 0 Å². The molecule has 4 nitrogen and oxygen atoms in total. The van der Waals surface area contributed by atoms with Crippen LogP contribution in [0.15, 0.2) is 47.1 Å². The standard InChI is InChI=1S/C17H21NO3/c1-16(2,17(3,4)20)18-15(19)14-13(10-11-21-14)12-8-6-5-7-9-12/h5-11,20H,1-4H3,(H,18,19). The van der Waals surface area contributed by atoms with Gasteiger partial charge in [-0.3, -0.25) is 4.79 Å². The van der Waals surface area contributed by atoms with Gasteiger partial charge in [-0.1, -0.05) is 30.3 Å². The van der Waals surface area contributed by atoms with Crippen LogP contribution >= 0.6 is 0 Å². The predicted octanol–water partition coefficient (Wildman–Crippen LogP) is 3.23. The number of rotatable bonds is 4. The Morgan fingerprint density at radius 3 is 2.29 bits per heavy atom. The Morgan fingerprint density at radius 1 is 1.10 bits per heavy atom. The molecule has 1 amide bonds. The lowest BCUT2D eigenvalue weighted by Gasteiger charge is -2.37. The monoisotopic (exact) mass is 287 g/mol. The first-order valence-electron chi connectivity index (χ1n) is 6.90. The molecule has 0 bridgehead atoms. The zero-order valence-corrected chi connectivity index (χ0v) is 12.8. The Morgan fingerprint density at radius 2 is 1.71 bits per heavy atom. The van der Waals surface area contributed by atoms with E-state index in [1.54, 1.807) is 33.8 Å². The molecule has 2 rings (SSSR count). The lowest BCUT2D eigenvalue weighted by molar-refractivity contribution is -0.00339. The van der Waals surface area contributed by atoms with Crippen LogP contribution in [0.25, 0.3) is 11.1 Å². The molecule has 0 aliphatic carbocycles. The second-order valence-electron chi connectivity index (χ2n) is 6.17. The second-order valence-corrected chi connectivity index (χ2v) is 6.17. The summed E-state index contributed by atoms with van der Waals surface area (Å²) in [4.78, 5) is 12.4. The zero-order valence-electron chi connectivity index (χ0n) is 12.8. The van der Waals surface area contributed by atoms with Crippen LogP contribution in [-0.4, -0.2) is 22.2 Å². The summed E-state index contributed by atoms with van der Waals surface area (Å²) >= 11 is 0. The fraction of sp³-hybridized carbons (Fsp3) is 0.353. The zero-order chi connectivity index (χ0) is 15.7. The van der Waals surface area contributed by atoms with Crippen molar-refractivity contribution in [2.24, 2.45) is 0 Å². The van der Waals surface area contributed by atoms with Crippen molar-refractivity contribution in [1.82, 2.24) is 5.32 Å². The van der Waals surface area contributed by atoms with Gasteiger partial charge in [0.05, 0.1) is 17.4 Å². The lowest BCUT2D eigenvalue weighted by atomic mass is 9.86. The fourth-order valence-electron chi connectivity index (χ4n) is 1.82. The summed E-state index contributed by atoms with van der Waals surface area (Å²) in [7, 11) is 0. The average Bonchev–Trinajstić information content (AvgIpc) is 2.87. The molecule has 0 aliphatic heterocycles. The minimum atomic E-state index is -1.05. The van der Waals surface area contributed by atoms with Gasteiger partial charge in [-0.05, 0) is 39.3 Å². The van der Waals surface area contributed by atoms with Gasteiger partial charge in [0.25, 0.3) is 5.91 Å². The van der Waals surface area contributed by atoms with Crippen LogP contribution in [0, 0.1) is 0 Å². The van der Waals surface area contributed by atoms with Gasteiger partial charge in [0.1, 0.15) is 0 Å². The largest absolute Gasteiger partial charge is 0.459 e. The van der Waals surface area contributed by atoms with Gasteiger partial charge < -0.3 is 14.8 Å². The Labute approximate surface area is 124 Å². The van der Waals surface area contributed by atoms with Crippen LogP contribution in [0.3, 0.4) is 0 Å².